The number of amides is 2. The molecule has 6 nitrogen and oxygen atoms in total. The molecule has 2 N–H and O–H groups in total. The zero-order chi connectivity index (χ0) is 13.6. The second-order valence-electron chi connectivity index (χ2n) is 6.03. The molecule has 6 heteroatoms. The van der Waals surface area contributed by atoms with Gasteiger partial charge in [0, 0.05) is 32.1 Å². The first-order valence-electron chi connectivity index (χ1n) is 7.01. The quantitative estimate of drug-likeness (QED) is 0.712. The summed E-state index contributed by atoms with van der Waals surface area (Å²) in [6.07, 6.45) is 2.12. The highest BCUT2D eigenvalue weighted by Crippen LogP contribution is 2.38. The van der Waals surface area contributed by atoms with Crippen LogP contribution in [0, 0.1) is 17.8 Å². The lowest BCUT2D eigenvalue weighted by atomic mass is 10.00. The molecular formula is C13H20N2O4. The molecule has 4 atom stereocenters. The zero-order valence-corrected chi connectivity index (χ0v) is 10.9. The van der Waals surface area contributed by atoms with Crippen molar-refractivity contribution in [3.8, 4) is 0 Å². The number of fused-ring (bicyclic) bond motifs is 1. The minimum Gasteiger partial charge on any atom is -0.481 e. The summed E-state index contributed by atoms with van der Waals surface area (Å²) in [6, 6.07) is -0.0506. The molecule has 0 radical (unpaired) electrons. The lowest BCUT2D eigenvalue weighted by molar-refractivity contribution is -0.141. The topological polar surface area (TPSA) is 81.1 Å². The highest BCUT2D eigenvalue weighted by molar-refractivity contribution is 5.77. The molecule has 106 valence electrons. The average molecular weight is 268 g/mol. The van der Waals surface area contributed by atoms with Crippen LogP contribution in [0.4, 0.5) is 4.79 Å². The number of hydrogen-bond acceptors (Lipinski definition) is 3. The third-order valence-electron chi connectivity index (χ3n) is 4.90. The van der Waals surface area contributed by atoms with Gasteiger partial charge < -0.3 is 20.0 Å². The van der Waals surface area contributed by atoms with Gasteiger partial charge in [0.2, 0.25) is 0 Å². The molecule has 2 amide bonds. The largest absolute Gasteiger partial charge is 0.481 e. The summed E-state index contributed by atoms with van der Waals surface area (Å²) < 4.78 is 0. The number of carboxylic acids is 1. The number of aliphatic hydroxyl groups is 1. The maximum absolute atomic E-state index is 12.3. The molecule has 19 heavy (non-hydrogen) atoms. The van der Waals surface area contributed by atoms with E-state index in [1.54, 1.807) is 9.80 Å². The Balaban J connectivity index is 1.59. The number of aliphatic hydroxyl groups excluding tert-OH is 1. The number of carboxylic acid groups (broad SMARTS) is 1. The van der Waals surface area contributed by atoms with E-state index in [9.17, 15) is 14.7 Å². The van der Waals surface area contributed by atoms with Gasteiger partial charge >= 0.3 is 12.0 Å². The van der Waals surface area contributed by atoms with Gasteiger partial charge in [-0.25, -0.2) is 4.79 Å². The Morgan fingerprint density at radius 1 is 1.00 bits per heavy atom. The van der Waals surface area contributed by atoms with E-state index in [1.807, 2.05) is 0 Å². The minimum absolute atomic E-state index is 0.0506. The Morgan fingerprint density at radius 2 is 1.79 bits per heavy atom. The Bertz CT molecular complexity index is 400. The molecule has 3 fully saturated rings. The minimum atomic E-state index is -0.816. The first kappa shape index (κ1) is 12.7. The van der Waals surface area contributed by atoms with E-state index in [-0.39, 0.29) is 18.1 Å². The lowest BCUT2D eigenvalue weighted by Gasteiger charge is -2.25. The van der Waals surface area contributed by atoms with E-state index in [0.29, 0.717) is 32.0 Å². The van der Waals surface area contributed by atoms with E-state index < -0.39 is 11.9 Å². The van der Waals surface area contributed by atoms with Gasteiger partial charge in [-0.3, -0.25) is 4.79 Å². The van der Waals surface area contributed by atoms with Crippen LogP contribution in [-0.4, -0.2) is 64.3 Å². The maximum Gasteiger partial charge on any atom is 0.320 e. The molecule has 2 saturated heterocycles. The third-order valence-corrected chi connectivity index (χ3v) is 4.90. The maximum atomic E-state index is 12.3. The third kappa shape index (κ3) is 2.18. The molecule has 0 spiro atoms. The summed E-state index contributed by atoms with van der Waals surface area (Å²) in [5.74, 6) is -0.584. The SMILES string of the molecule is O=C(O)C1CCN(C(=O)N2CC3CCC(O)C3C2)C1. The molecule has 4 unspecified atom stereocenters. The van der Waals surface area contributed by atoms with Crippen LogP contribution in [0.3, 0.4) is 0 Å². The molecule has 0 aromatic carbocycles. The fourth-order valence-corrected chi connectivity index (χ4v) is 3.73. The van der Waals surface area contributed by atoms with Gasteiger partial charge in [-0.1, -0.05) is 0 Å². The summed E-state index contributed by atoms with van der Waals surface area (Å²) >= 11 is 0. The zero-order valence-electron chi connectivity index (χ0n) is 10.9. The van der Waals surface area contributed by atoms with Crippen molar-refractivity contribution in [1.29, 1.82) is 0 Å². The van der Waals surface area contributed by atoms with Crippen LogP contribution in [0.1, 0.15) is 19.3 Å². The van der Waals surface area contributed by atoms with Crippen molar-refractivity contribution in [2.24, 2.45) is 17.8 Å². The van der Waals surface area contributed by atoms with E-state index in [1.165, 1.54) is 0 Å². The summed E-state index contributed by atoms with van der Waals surface area (Å²) in [6.45, 7) is 2.19. The summed E-state index contributed by atoms with van der Waals surface area (Å²) in [5, 5.41) is 18.8. The Labute approximate surface area is 112 Å². The first-order valence-corrected chi connectivity index (χ1v) is 7.01. The second kappa shape index (κ2) is 4.67. The molecule has 2 heterocycles. The van der Waals surface area contributed by atoms with E-state index in [2.05, 4.69) is 0 Å². The van der Waals surface area contributed by atoms with Crippen molar-refractivity contribution >= 4 is 12.0 Å². The number of nitrogens with zero attached hydrogens (tertiary/aromatic N) is 2. The van der Waals surface area contributed by atoms with Crippen LogP contribution in [0.2, 0.25) is 0 Å². The predicted octanol–water partition coefficient (Wildman–Crippen LogP) is 0.216. The molecule has 1 saturated carbocycles. The smallest absolute Gasteiger partial charge is 0.320 e. The normalized spacial score (nSPS) is 37.7. The molecular weight excluding hydrogens is 248 g/mol. The van der Waals surface area contributed by atoms with Crippen LogP contribution < -0.4 is 0 Å². The monoisotopic (exact) mass is 268 g/mol. The van der Waals surface area contributed by atoms with Crippen LogP contribution in [0.25, 0.3) is 0 Å². The fraction of sp³-hybridized carbons (Fsp3) is 0.846. The van der Waals surface area contributed by atoms with Crippen molar-refractivity contribution in [2.45, 2.75) is 25.4 Å². The molecule has 0 aromatic heterocycles. The van der Waals surface area contributed by atoms with Crippen molar-refractivity contribution in [2.75, 3.05) is 26.2 Å². The van der Waals surface area contributed by atoms with Gasteiger partial charge in [0.15, 0.2) is 0 Å². The van der Waals surface area contributed by atoms with Gasteiger partial charge in [-0.15, -0.1) is 0 Å². The molecule has 0 bridgehead atoms. The summed E-state index contributed by atoms with van der Waals surface area (Å²) in [5.41, 5.74) is 0. The van der Waals surface area contributed by atoms with Gasteiger partial charge in [0.1, 0.15) is 0 Å². The van der Waals surface area contributed by atoms with Crippen LogP contribution in [0.5, 0.6) is 0 Å². The molecule has 3 aliphatic rings. The fourth-order valence-electron chi connectivity index (χ4n) is 3.73. The van der Waals surface area contributed by atoms with Crippen molar-refractivity contribution < 1.29 is 19.8 Å². The lowest BCUT2D eigenvalue weighted by Crippen LogP contribution is -2.42. The number of likely N-dealkylation sites (tertiary alicyclic amines) is 2. The number of hydrogen-bond donors (Lipinski definition) is 2. The number of carbonyl (C=O) groups is 2. The van der Waals surface area contributed by atoms with Crippen molar-refractivity contribution in [3.05, 3.63) is 0 Å². The van der Waals surface area contributed by atoms with Crippen molar-refractivity contribution in [3.63, 3.8) is 0 Å². The standard InChI is InChI=1S/C13H20N2O4/c16-11-2-1-8-5-15(7-10(8)11)13(19)14-4-3-9(6-14)12(17)18/h8-11,16H,1-7H2,(H,17,18). The Kier molecular flexibility index (Phi) is 3.12. The van der Waals surface area contributed by atoms with Gasteiger partial charge in [-0.05, 0) is 25.2 Å². The highest BCUT2D eigenvalue weighted by Gasteiger charge is 2.45. The van der Waals surface area contributed by atoms with Crippen LogP contribution in [0.15, 0.2) is 0 Å². The number of rotatable bonds is 1. The van der Waals surface area contributed by atoms with E-state index in [0.717, 1.165) is 19.4 Å². The van der Waals surface area contributed by atoms with Crippen molar-refractivity contribution in [1.82, 2.24) is 9.80 Å². The Morgan fingerprint density at radius 3 is 2.42 bits per heavy atom. The van der Waals surface area contributed by atoms with Gasteiger partial charge in [0.05, 0.1) is 12.0 Å². The number of carbonyl (C=O) groups excluding carboxylic acids is 1. The van der Waals surface area contributed by atoms with Gasteiger partial charge in [-0.2, -0.15) is 0 Å². The summed E-state index contributed by atoms with van der Waals surface area (Å²) in [4.78, 5) is 26.7. The van der Waals surface area contributed by atoms with E-state index in [4.69, 9.17) is 5.11 Å². The first-order chi connectivity index (χ1) is 9.06. The number of urea groups is 1. The summed E-state index contributed by atoms with van der Waals surface area (Å²) in [7, 11) is 0. The predicted molar refractivity (Wildman–Crippen MR) is 66.5 cm³/mol. The Hall–Kier alpha value is -1.30. The molecule has 1 aliphatic carbocycles. The van der Waals surface area contributed by atoms with Crippen LogP contribution in [-0.2, 0) is 4.79 Å². The molecule has 2 aliphatic heterocycles. The molecule has 3 rings (SSSR count). The molecule has 0 aromatic rings. The van der Waals surface area contributed by atoms with Gasteiger partial charge in [0.25, 0.3) is 0 Å². The average Bonchev–Trinajstić information content (AvgIpc) is 3.05. The number of aliphatic carboxylic acids is 1. The highest BCUT2D eigenvalue weighted by atomic mass is 16.4. The second-order valence-corrected chi connectivity index (χ2v) is 6.03. The van der Waals surface area contributed by atoms with Crippen LogP contribution >= 0.6 is 0 Å². The van der Waals surface area contributed by atoms with E-state index >= 15 is 0 Å².